The summed E-state index contributed by atoms with van der Waals surface area (Å²) in [5, 5.41) is 0. The molecule has 0 radical (unpaired) electrons. The van der Waals surface area contributed by atoms with Crippen molar-refractivity contribution in [2.75, 3.05) is 20.8 Å². The Morgan fingerprint density at radius 3 is 2.42 bits per heavy atom. The number of ether oxygens (including phenoxy) is 3. The summed E-state index contributed by atoms with van der Waals surface area (Å²) >= 11 is 0. The van der Waals surface area contributed by atoms with Crippen LogP contribution in [0, 0.1) is 6.57 Å². The number of carbonyl (C=O) groups is 1. The third kappa shape index (κ3) is 3.09. The Kier molecular flexibility index (Phi) is 5.18. The summed E-state index contributed by atoms with van der Waals surface area (Å²) in [7, 11) is 3.16. The average Bonchev–Trinajstić information content (AvgIpc) is 2.83. The number of hydrogen-bond donors (Lipinski definition) is 0. The van der Waals surface area contributed by atoms with Gasteiger partial charge in [-0.25, -0.2) is 4.85 Å². The molecular weight excluding hydrogens is 306 g/mol. The summed E-state index contributed by atoms with van der Waals surface area (Å²) in [5.74, 6) is 0.668. The van der Waals surface area contributed by atoms with E-state index in [0.29, 0.717) is 30.1 Å². The van der Waals surface area contributed by atoms with Gasteiger partial charge in [0.05, 0.1) is 27.4 Å². The lowest BCUT2D eigenvalue weighted by atomic mass is 9.86. The standard InChI is InChI=1S/C19H23NO4/c1-7-8-24-18(21)17(20-4)13-11-19(2,3)14-10-16(23-6)15(22-5)9-12(13)14/h9-10H,7-8,11H2,1-3,5-6H3. The first-order valence-electron chi connectivity index (χ1n) is 7.94. The van der Waals surface area contributed by atoms with E-state index in [1.165, 1.54) is 0 Å². The number of nitrogens with zero attached hydrogens (tertiary/aromatic N) is 1. The summed E-state index contributed by atoms with van der Waals surface area (Å²) in [4.78, 5) is 15.7. The molecule has 0 saturated carbocycles. The van der Waals surface area contributed by atoms with Crippen molar-refractivity contribution in [1.82, 2.24) is 0 Å². The zero-order valence-corrected chi connectivity index (χ0v) is 14.9. The Morgan fingerprint density at radius 1 is 1.25 bits per heavy atom. The van der Waals surface area contributed by atoms with E-state index < -0.39 is 5.97 Å². The molecule has 1 aliphatic carbocycles. The number of allylic oxidation sites excluding steroid dienone is 1. The molecule has 1 aliphatic rings. The topological polar surface area (TPSA) is 49.1 Å². The van der Waals surface area contributed by atoms with E-state index in [9.17, 15) is 4.79 Å². The number of hydrogen-bond acceptors (Lipinski definition) is 4. The molecule has 0 unspecified atom stereocenters. The predicted octanol–water partition coefficient (Wildman–Crippen LogP) is 3.97. The van der Waals surface area contributed by atoms with Crippen LogP contribution in [0.15, 0.2) is 17.8 Å². The fourth-order valence-electron chi connectivity index (χ4n) is 3.03. The SMILES string of the molecule is [C-]#[N+]C(C(=O)OCCC)=C1CC(C)(C)c2cc(OC)c(OC)cc21. The third-order valence-corrected chi connectivity index (χ3v) is 4.22. The van der Waals surface area contributed by atoms with E-state index in [2.05, 4.69) is 18.7 Å². The Labute approximate surface area is 143 Å². The highest BCUT2D eigenvalue weighted by Gasteiger charge is 2.37. The number of methoxy groups -OCH3 is 2. The number of benzene rings is 1. The van der Waals surface area contributed by atoms with E-state index in [0.717, 1.165) is 17.5 Å². The van der Waals surface area contributed by atoms with Crippen LogP contribution in [-0.4, -0.2) is 26.8 Å². The molecule has 1 aromatic carbocycles. The molecule has 128 valence electrons. The van der Waals surface area contributed by atoms with Gasteiger partial charge >= 0.3 is 5.97 Å². The maximum Gasteiger partial charge on any atom is 0.336 e. The molecule has 0 aromatic heterocycles. The van der Waals surface area contributed by atoms with Gasteiger partial charge in [0.25, 0.3) is 5.70 Å². The van der Waals surface area contributed by atoms with Gasteiger partial charge in [-0.05, 0) is 47.1 Å². The van der Waals surface area contributed by atoms with Crippen LogP contribution < -0.4 is 9.47 Å². The molecule has 0 spiro atoms. The lowest BCUT2D eigenvalue weighted by Gasteiger charge is -2.19. The van der Waals surface area contributed by atoms with E-state index in [1.807, 2.05) is 19.1 Å². The molecule has 2 rings (SSSR count). The van der Waals surface area contributed by atoms with Crippen molar-refractivity contribution in [2.45, 2.75) is 39.0 Å². The molecule has 5 nitrogen and oxygen atoms in total. The van der Waals surface area contributed by atoms with Crippen molar-refractivity contribution < 1.29 is 19.0 Å². The molecule has 0 bridgehead atoms. The minimum atomic E-state index is -0.555. The summed E-state index contributed by atoms with van der Waals surface area (Å²) in [6.45, 7) is 13.9. The van der Waals surface area contributed by atoms with Crippen molar-refractivity contribution in [1.29, 1.82) is 0 Å². The van der Waals surface area contributed by atoms with Crippen LogP contribution in [-0.2, 0) is 14.9 Å². The van der Waals surface area contributed by atoms with Crippen molar-refractivity contribution >= 4 is 11.5 Å². The largest absolute Gasteiger partial charge is 0.493 e. The lowest BCUT2D eigenvalue weighted by molar-refractivity contribution is -0.138. The van der Waals surface area contributed by atoms with Crippen LogP contribution in [0.4, 0.5) is 0 Å². The fourth-order valence-corrected chi connectivity index (χ4v) is 3.03. The van der Waals surface area contributed by atoms with Gasteiger partial charge in [0.2, 0.25) is 0 Å². The van der Waals surface area contributed by atoms with Crippen LogP contribution in [0.25, 0.3) is 10.4 Å². The minimum Gasteiger partial charge on any atom is -0.493 e. The predicted molar refractivity (Wildman–Crippen MR) is 92.0 cm³/mol. The van der Waals surface area contributed by atoms with Crippen LogP contribution >= 0.6 is 0 Å². The number of fused-ring (bicyclic) bond motifs is 1. The van der Waals surface area contributed by atoms with Gasteiger partial charge < -0.3 is 14.2 Å². The quantitative estimate of drug-likeness (QED) is 0.466. The summed E-state index contributed by atoms with van der Waals surface area (Å²) < 4.78 is 15.9. The molecule has 0 aliphatic heterocycles. The Hall–Kier alpha value is -2.48. The van der Waals surface area contributed by atoms with Crippen LogP contribution in [0.5, 0.6) is 11.5 Å². The molecule has 0 amide bonds. The first kappa shape index (κ1) is 17.9. The Bertz CT molecular complexity index is 726. The molecular formula is C19H23NO4. The first-order chi connectivity index (χ1) is 11.4. The van der Waals surface area contributed by atoms with Crippen LogP contribution in [0.3, 0.4) is 0 Å². The molecule has 0 heterocycles. The molecule has 0 N–H and O–H groups in total. The van der Waals surface area contributed by atoms with Gasteiger partial charge in [-0.1, -0.05) is 20.8 Å². The van der Waals surface area contributed by atoms with E-state index in [-0.39, 0.29) is 11.1 Å². The van der Waals surface area contributed by atoms with Gasteiger partial charge in [-0.2, -0.15) is 0 Å². The van der Waals surface area contributed by atoms with Crippen LogP contribution in [0.2, 0.25) is 0 Å². The maximum absolute atomic E-state index is 12.3. The number of esters is 1. The molecule has 5 heteroatoms. The van der Waals surface area contributed by atoms with E-state index in [4.69, 9.17) is 20.8 Å². The second-order valence-electron chi connectivity index (χ2n) is 6.39. The first-order valence-corrected chi connectivity index (χ1v) is 7.94. The molecule has 0 atom stereocenters. The highest BCUT2D eigenvalue weighted by atomic mass is 16.5. The summed E-state index contributed by atoms with van der Waals surface area (Å²) in [6, 6.07) is 3.77. The third-order valence-electron chi connectivity index (χ3n) is 4.22. The fraction of sp³-hybridized carbons (Fsp3) is 0.474. The van der Waals surface area contributed by atoms with Gasteiger partial charge in [0.1, 0.15) is 0 Å². The minimum absolute atomic E-state index is 0.0579. The highest BCUT2D eigenvalue weighted by Crippen LogP contribution is 2.50. The zero-order chi connectivity index (χ0) is 17.9. The monoisotopic (exact) mass is 329 g/mol. The maximum atomic E-state index is 12.3. The van der Waals surface area contributed by atoms with Gasteiger partial charge in [-0.3, -0.25) is 4.79 Å². The van der Waals surface area contributed by atoms with Crippen molar-refractivity contribution in [3.05, 3.63) is 40.4 Å². The van der Waals surface area contributed by atoms with Crippen LogP contribution in [0.1, 0.15) is 44.7 Å². The summed E-state index contributed by atoms with van der Waals surface area (Å²) in [6.07, 6.45) is 1.32. The van der Waals surface area contributed by atoms with Gasteiger partial charge in [0.15, 0.2) is 11.5 Å². The van der Waals surface area contributed by atoms with E-state index in [1.54, 1.807) is 14.2 Å². The molecule has 24 heavy (non-hydrogen) atoms. The average molecular weight is 329 g/mol. The van der Waals surface area contributed by atoms with Crippen molar-refractivity contribution in [3.63, 3.8) is 0 Å². The zero-order valence-electron chi connectivity index (χ0n) is 14.9. The molecule has 0 saturated heterocycles. The Morgan fingerprint density at radius 2 is 1.88 bits per heavy atom. The number of rotatable bonds is 5. The highest BCUT2D eigenvalue weighted by molar-refractivity contribution is 6.01. The normalized spacial score (nSPS) is 16.8. The van der Waals surface area contributed by atoms with Crippen molar-refractivity contribution in [2.24, 2.45) is 0 Å². The smallest absolute Gasteiger partial charge is 0.336 e. The molecule has 0 fully saturated rings. The second-order valence-corrected chi connectivity index (χ2v) is 6.39. The molecule has 1 aromatic rings. The lowest BCUT2D eigenvalue weighted by Crippen LogP contribution is -2.12. The Balaban J connectivity index is 2.63. The van der Waals surface area contributed by atoms with Crippen molar-refractivity contribution in [3.8, 4) is 11.5 Å². The van der Waals surface area contributed by atoms with Gasteiger partial charge in [0, 0.05) is 0 Å². The number of carbonyl (C=O) groups excluding carboxylic acids is 1. The summed E-state index contributed by atoms with van der Waals surface area (Å²) in [5.41, 5.74) is 2.47. The second kappa shape index (κ2) is 6.96. The van der Waals surface area contributed by atoms with E-state index >= 15 is 0 Å². The van der Waals surface area contributed by atoms with Gasteiger partial charge in [-0.15, -0.1) is 0 Å².